The van der Waals surface area contributed by atoms with E-state index in [9.17, 15) is 0 Å². The van der Waals surface area contributed by atoms with Crippen molar-refractivity contribution >= 4 is 27.3 Å². The predicted octanol–water partition coefficient (Wildman–Crippen LogP) is 2.77. The van der Waals surface area contributed by atoms with E-state index in [1.165, 1.54) is 61.3 Å². The van der Waals surface area contributed by atoms with Gasteiger partial charge in [0.15, 0.2) is 0 Å². The first-order valence-corrected chi connectivity index (χ1v) is 9.38. The van der Waals surface area contributed by atoms with Gasteiger partial charge in [0.2, 0.25) is 0 Å². The Hall–Kier alpha value is 0.0600. The highest BCUT2D eigenvalue weighted by molar-refractivity contribution is 9.10. The topological polar surface area (TPSA) is 18.5 Å². The molecule has 3 nitrogen and oxygen atoms in total. The Morgan fingerprint density at radius 3 is 2.90 bits per heavy atom. The minimum atomic E-state index is 0.839. The van der Waals surface area contributed by atoms with E-state index >= 15 is 0 Å². The van der Waals surface area contributed by atoms with Gasteiger partial charge in [-0.15, -0.1) is 11.3 Å². The lowest BCUT2D eigenvalue weighted by atomic mass is 10.2. The smallest absolute Gasteiger partial charge is 0.0300 e. The molecule has 3 heterocycles. The fourth-order valence-electron chi connectivity index (χ4n) is 3.32. The average Bonchev–Trinajstić information content (AvgIpc) is 3.16. The van der Waals surface area contributed by atoms with E-state index in [1.807, 2.05) is 11.3 Å². The second-order valence-corrected chi connectivity index (χ2v) is 7.81. The van der Waals surface area contributed by atoms with Crippen molar-refractivity contribution < 1.29 is 0 Å². The van der Waals surface area contributed by atoms with Gasteiger partial charge in [-0.3, -0.25) is 4.90 Å². The fraction of sp³-hybridized carbons (Fsp3) is 0.733. The molecular weight excluding hydrogens is 334 g/mol. The van der Waals surface area contributed by atoms with Crippen LogP contribution < -0.4 is 5.32 Å². The molecule has 1 unspecified atom stereocenters. The lowest BCUT2D eigenvalue weighted by Crippen LogP contribution is -2.37. The summed E-state index contributed by atoms with van der Waals surface area (Å²) in [5, 5.41) is 5.71. The Bertz CT molecular complexity index is 417. The molecular formula is C15H24BrN3S. The van der Waals surface area contributed by atoms with Crippen LogP contribution in [-0.2, 0) is 6.54 Å². The summed E-state index contributed by atoms with van der Waals surface area (Å²) in [6, 6.07) is 3.04. The van der Waals surface area contributed by atoms with Crippen LogP contribution in [0, 0.1) is 0 Å². The molecule has 1 aromatic heterocycles. The third-order valence-electron chi connectivity index (χ3n) is 4.43. The van der Waals surface area contributed by atoms with Gasteiger partial charge >= 0.3 is 0 Å². The van der Waals surface area contributed by atoms with Crippen LogP contribution in [0.1, 0.15) is 24.1 Å². The Kier molecular flexibility index (Phi) is 5.51. The molecule has 2 saturated heterocycles. The number of likely N-dealkylation sites (tertiary alicyclic amines) is 2. The second kappa shape index (κ2) is 7.36. The third kappa shape index (κ3) is 4.04. The Morgan fingerprint density at radius 1 is 1.30 bits per heavy atom. The first kappa shape index (κ1) is 15.0. The Morgan fingerprint density at radius 2 is 2.15 bits per heavy atom. The molecule has 0 saturated carbocycles. The van der Waals surface area contributed by atoms with Gasteiger partial charge in [0.05, 0.1) is 0 Å². The maximum atomic E-state index is 3.56. The van der Waals surface area contributed by atoms with E-state index in [2.05, 4.69) is 42.5 Å². The van der Waals surface area contributed by atoms with Crippen LogP contribution in [0.25, 0.3) is 0 Å². The zero-order chi connectivity index (χ0) is 13.8. The number of hydrogen-bond donors (Lipinski definition) is 1. The van der Waals surface area contributed by atoms with Crippen molar-refractivity contribution in [2.75, 3.05) is 39.3 Å². The highest BCUT2D eigenvalue weighted by Gasteiger charge is 2.28. The number of halogens is 1. The molecule has 1 atom stereocenters. The fourth-order valence-corrected chi connectivity index (χ4v) is 4.74. The van der Waals surface area contributed by atoms with E-state index in [-0.39, 0.29) is 0 Å². The van der Waals surface area contributed by atoms with Gasteiger partial charge in [-0.05, 0) is 60.9 Å². The number of nitrogens with one attached hydrogen (secondary N) is 1. The molecule has 2 fully saturated rings. The summed E-state index contributed by atoms with van der Waals surface area (Å²) in [6.07, 6.45) is 4.20. The van der Waals surface area contributed by atoms with Crippen LogP contribution >= 0.6 is 27.3 Å². The van der Waals surface area contributed by atoms with Gasteiger partial charge in [0.1, 0.15) is 0 Å². The van der Waals surface area contributed by atoms with Crippen molar-refractivity contribution in [2.24, 2.45) is 0 Å². The molecule has 3 rings (SSSR count). The standard InChI is InChI=1S/C15H24BrN3S/c16-13-9-15(20-12-13)10-17-4-8-18-7-3-14(11-18)19-5-1-2-6-19/h9,12,14,17H,1-8,10-11H2. The largest absolute Gasteiger partial charge is 0.311 e. The monoisotopic (exact) mass is 357 g/mol. The summed E-state index contributed by atoms with van der Waals surface area (Å²) in [5.41, 5.74) is 0. The molecule has 5 heteroatoms. The summed E-state index contributed by atoms with van der Waals surface area (Å²) >= 11 is 5.32. The van der Waals surface area contributed by atoms with E-state index < -0.39 is 0 Å². The first-order valence-electron chi connectivity index (χ1n) is 7.71. The van der Waals surface area contributed by atoms with Gasteiger partial charge in [-0.25, -0.2) is 0 Å². The molecule has 0 spiro atoms. The quantitative estimate of drug-likeness (QED) is 0.789. The first-order chi connectivity index (χ1) is 9.81. The highest BCUT2D eigenvalue weighted by Crippen LogP contribution is 2.20. The molecule has 1 N–H and O–H groups in total. The minimum Gasteiger partial charge on any atom is -0.311 e. The zero-order valence-electron chi connectivity index (χ0n) is 12.0. The van der Waals surface area contributed by atoms with Crippen LogP contribution in [0.2, 0.25) is 0 Å². The van der Waals surface area contributed by atoms with Crippen molar-refractivity contribution in [1.29, 1.82) is 0 Å². The average molecular weight is 358 g/mol. The van der Waals surface area contributed by atoms with Gasteiger partial charge < -0.3 is 10.2 Å². The lowest BCUT2D eigenvalue weighted by Gasteiger charge is -2.23. The van der Waals surface area contributed by atoms with E-state index in [1.54, 1.807) is 0 Å². The molecule has 2 aliphatic heterocycles. The van der Waals surface area contributed by atoms with Crippen LogP contribution in [0.5, 0.6) is 0 Å². The maximum Gasteiger partial charge on any atom is 0.0300 e. The molecule has 0 aliphatic carbocycles. The van der Waals surface area contributed by atoms with Crippen molar-refractivity contribution in [1.82, 2.24) is 15.1 Å². The highest BCUT2D eigenvalue weighted by atomic mass is 79.9. The Balaban J connectivity index is 1.31. The second-order valence-electron chi connectivity index (χ2n) is 5.89. The molecule has 0 bridgehead atoms. The molecule has 1 aromatic rings. The van der Waals surface area contributed by atoms with Crippen LogP contribution in [0.3, 0.4) is 0 Å². The van der Waals surface area contributed by atoms with Gasteiger partial charge in [0.25, 0.3) is 0 Å². The summed E-state index contributed by atoms with van der Waals surface area (Å²) < 4.78 is 1.20. The predicted molar refractivity (Wildman–Crippen MR) is 89.4 cm³/mol. The molecule has 0 aromatic carbocycles. The molecule has 0 amide bonds. The van der Waals surface area contributed by atoms with E-state index in [0.717, 1.165) is 19.1 Å². The third-order valence-corrected chi connectivity index (χ3v) is 6.13. The number of thiophene rings is 1. The van der Waals surface area contributed by atoms with Gasteiger partial charge in [-0.2, -0.15) is 0 Å². The molecule has 20 heavy (non-hydrogen) atoms. The lowest BCUT2D eigenvalue weighted by molar-refractivity contribution is 0.232. The SMILES string of the molecule is Brc1csc(CNCCN2CCC(N3CCCC3)C2)c1. The number of rotatable bonds is 6. The van der Waals surface area contributed by atoms with Crippen molar-refractivity contribution in [3.05, 3.63) is 20.8 Å². The summed E-state index contributed by atoms with van der Waals surface area (Å²) in [6.45, 7) is 8.53. The van der Waals surface area contributed by atoms with Crippen LogP contribution in [0.15, 0.2) is 15.9 Å². The zero-order valence-corrected chi connectivity index (χ0v) is 14.4. The molecule has 0 radical (unpaired) electrons. The Labute approximate surface area is 134 Å². The van der Waals surface area contributed by atoms with Crippen LogP contribution in [-0.4, -0.2) is 55.1 Å². The summed E-state index contributed by atoms with van der Waals surface area (Å²) in [5.74, 6) is 0. The number of hydrogen-bond acceptors (Lipinski definition) is 4. The van der Waals surface area contributed by atoms with Crippen molar-refractivity contribution in [3.8, 4) is 0 Å². The summed E-state index contributed by atoms with van der Waals surface area (Å²) in [7, 11) is 0. The van der Waals surface area contributed by atoms with E-state index in [4.69, 9.17) is 0 Å². The molecule has 112 valence electrons. The van der Waals surface area contributed by atoms with Gasteiger partial charge in [-0.1, -0.05) is 0 Å². The van der Waals surface area contributed by atoms with Crippen molar-refractivity contribution in [3.63, 3.8) is 0 Å². The maximum absolute atomic E-state index is 3.56. The number of nitrogens with zero attached hydrogens (tertiary/aromatic N) is 2. The molecule has 2 aliphatic rings. The van der Waals surface area contributed by atoms with E-state index in [0.29, 0.717) is 0 Å². The van der Waals surface area contributed by atoms with Gasteiger partial charge in [0, 0.05) is 47.0 Å². The van der Waals surface area contributed by atoms with Crippen LogP contribution in [0.4, 0.5) is 0 Å². The normalized spacial score (nSPS) is 24.8. The summed E-state index contributed by atoms with van der Waals surface area (Å²) in [4.78, 5) is 6.74. The van der Waals surface area contributed by atoms with Crippen molar-refractivity contribution in [2.45, 2.75) is 31.8 Å². The minimum absolute atomic E-state index is 0.839.